The number of nitrogens with zero attached hydrogens (tertiary/aromatic N) is 1. The van der Waals surface area contributed by atoms with E-state index in [0.717, 1.165) is 31.5 Å². The number of benzene rings is 2. The number of hydrogen-bond donors (Lipinski definition) is 0. The molecule has 23 heavy (non-hydrogen) atoms. The van der Waals surface area contributed by atoms with Gasteiger partial charge in [0.2, 0.25) is 0 Å². The molecule has 2 aromatic carbocycles. The normalized spacial score (nSPS) is 14.3. The minimum Gasteiger partial charge on any atom is -0.485 e. The van der Waals surface area contributed by atoms with Crippen LogP contribution in [-0.2, 0) is 6.61 Å². The lowest BCUT2D eigenvalue weighted by molar-refractivity contribution is 0.140. The van der Waals surface area contributed by atoms with Gasteiger partial charge in [-0.15, -0.1) is 0 Å². The molecule has 2 aromatic rings. The molecule has 1 saturated heterocycles. The van der Waals surface area contributed by atoms with Crippen LogP contribution in [0.4, 0.5) is 4.79 Å². The maximum absolute atomic E-state index is 12.2. The lowest BCUT2D eigenvalue weighted by atomic mass is 10.1. The number of likely N-dealkylation sites (tertiary alicyclic amines) is 1. The molecule has 0 aromatic heterocycles. The van der Waals surface area contributed by atoms with E-state index < -0.39 is 0 Å². The van der Waals surface area contributed by atoms with Gasteiger partial charge >= 0.3 is 6.09 Å². The molecule has 1 aliphatic heterocycles. The van der Waals surface area contributed by atoms with Gasteiger partial charge in [-0.25, -0.2) is 4.79 Å². The average Bonchev–Trinajstić information content (AvgIpc) is 2.62. The summed E-state index contributed by atoms with van der Waals surface area (Å²) < 4.78 is 11.4. The third-order valence-corrected chi connectivity index (χ3v) is 3.90. The topological polar surface area (TPSA) is 38.8 Å². The molecule has 3 rings (SSSR count). The Hall–Kier alpha value is -2.49. The predicted molar refractivity (Wildman–Crippen MR) is 88.7 cm³/mol. The highest BCUT2D eigenvalue weighted by atomic mass is 16.6. The Kier molecular flexibility index (Phi) is 5.14. The minimum atomic E-state index is -0.291. The summed E-state index contributed by atoms with van der Waals surface area (Å²) in [6, 6.07) is 17.2. The summed E-state index contributed by atoms with van der Waals surface area (Å²) in [6.45, 7) is 1.98. The van der Waals surface area contributed by atoms with Gasteiger partial charge in [0.15, 0.2) is 11.5 Å². The summed E-state index contributed by atoms with van der Waals surface area (Å²) in [6.07, 6.45) is 2.98. The number of carbonyl (C=O) groups excluding carboxylic acids is 1. The van der Waals surface area contributed by atoms with E-state index in [1.807, 2.05) is 48.5 Å². The number of ether oxygens (including phenoxy) is 2. The fraction of sp³-hybridized carbons (Fsp3) is 0.316. The molecule has 0 unspecified atom stereocenters. The molecule has 4 heteroatoms. The van der Waals surface area contributed by atoms with Crippen LogP contribution >= 0.6 is 0 Å². The van der Waals surface area contributed by atoms with Crippen LogP contribution in [0.5, 0.6) is 11.5 Å². The summed E-state index contributed by atoms with van der Waals surface area (Å²) in [5.74, 6) is 1.06. The van der Waals surface area contributed by atoms with Crippen LogP contribution in [0.2, 0.25) is 0 Å². The second kappa shape index (κ2) is 7.68. The van der Waals surface area contributed by atoms with E-state index >= 15 is 0 Å². The molecule has 0 radical (unpaired) electrons. The fourth-order valence-corrected chi connectivity index (χ4v) is 2.62. The fourth-order valence-electron chi connectivity index (χ4n) is 2.62. The second-order valence-corrected chi connectivity index (χ2v) is 5.64. The van der Waals surface area contributed by atoms with Crippen LogP contribution in [0.1, 0.15) is 24.8 Å². The van der Waals surface area contributed by atoms with Crippen molar-refractivity contribution in [3.8, 4) is 11.5 Å². The van der Waals surface area contributed by atoms with Gasteiger partial charge in [0.25, 0.3) is 0 Å². The van der Waals surface area contributed by atoms with Crippen LogP contribution in [-0.4, -0.2) is 24.1 Å². The number of carbonyl (C=O) groups is 1. The lowest BCUT2D eigenvalue weighted by Gasteiger charge is -2.26. The van der Waals surface area contributed by atoms with Crippen molar-refractivity contribution >= 4 is 6.09 Å². The van der Waals surface area contributed by atoms with E-state index in [0.29, 0.717) is 18.1 Å². The van der Waals surface area contributed by atoms with Crippen molar-refractivity contribution in [1.29, 1.82) is 0 Å². The van der Waals surface area contributed by atoms with E-state index in [1.165, 1.54) is 6.42 Å². The molecule has 1 amide bonds. The van der Waals surface area contributed by atoms with Crippen molar-refractivity contribution in [3.05, 3.63) is 60.2 Å². The van der Waals surface area contributed by atoms with Crippen molar-refractivity contribution in [1.82, 2.24) is 4.90 Å². The third kappa shape index (κ3) is 4.25. The average molecular weight is 311 g/mol. The summed E-state index contributed by atoms with van der Waals surface area (Å²) in [5.41, 5.74) is 1.07. The molecule has 0 aliphatic carbocycles. The maximum atomic E-state index is 12.2. The first-order valence-electron chi connectivity index (χ1n) is 8.05. The van der Waals surface area contributed by atoms with Gasteiger partial charge < -0.3 is 14.4 Å². The van der Waals surface area contributed by atoms with E-state index in [-0.39, 0.29) is 6.09 Å². The van der Waals surface area contributed by atoms with Crippen LogP contribution in [0.3, 0.4) is 0 Å². The summed E-state index contributed by atoms with van der Waals surface area (Å²) in [4.78, 5) is 14.0. The molecule has 0 spiro atoms. The Morgan fingerprint density at radius 2 is 1.52 bits per heavy atom. The first-order valence-corrected chi connectivity index (χ1v) is 8.05. The van der Waals surface area contributed by atoms with Crippen molar-refractivity contribution in [2.24, 2.45) is 0 Å². The summed E-state index contributed by atoms with van der Waals surface area (Å²) in [7, 11) is 0. The molecule has 1 fully saturated rings. The number of hydrogen-bond acceptors (Lipinski definition) is 3. The largest absolute Gasteiger partial charge is 0.485 e. The highest BCUT2D eigenvalue weighted by molar-refractivity contribution is 5.71. The van der Waals surface area contributed by atoms with Gasteiger partial charge in [-0.3, -0.25) is 0 Å². The van der Waals surface area contributed by atoms with E-state index in [2.05, 4.69) is 0 Å². The zero-order chi connectivity index (χ0) is 15.9. The first-order chi connectivity index (χ1) is 11.3. The number of amides is 1. The quantitative estimate of drug-likeness (QED) is 0.847. The molecule has 1 heterocycles. The molecule has 1 aliphatic rings. The van der Waals surface area contributed by atoms with Crippen LogP contribution in [0, 0.1) is 0 Å². The molecular weight excluding hydrogens is 290 g/mol. The standard InChI is InChI=1S/C19H21NO3/c21-19(20-13-7-2-8-14-20)23-18-12-6-5-11-17(18)22-15-16-9-3-1-4-10-16/h1,3-6,9-12H,2,7-8,13-15H2. The van der Waals surface area contributed by atoms with E-state index in [4.69, 9.17) is 9.47 Å². The van der Waals surface area contributed by atoms with Crippen LogP contribution < -0.4 is 9.47 Å². The molecule has 120 valence electrons. The van der Waals surface area contributed by atoms with Crippen LogP contribution in [0.25, 0.3) is 0 Å². The Bertz CT molecular complexity index is 636. The second-order valence-electron chi connectivity index (χ2n) is 5.64. The number of piperidine rings is 1. The SMILES string of the molecule is O=C(Oc1ccccc1OCc1ccccc1)N1CCCCC1. The molecule has 0 saturated carbocycles. The van der Waals surface area contributed by atoms with Gasteiger partial charge in [0, 0.05) is 13.1 Å². The first kappa shape index (κ1) is 15.4. The minimum absolute atomic E-state index is 0.291. The maximum Gasteiger partial charge on any atom is 0.415 e. The highest BCUT2D eigenvalue weighted by Crippen LogP contribution is 2.28. The Morgan fingerprint density at radius 3 is 2.26 bits per heavy atom. The van der Waals surface area contributed by atoms with Gasteiger partial charge in [-0.2, -0.15) is 0 Å². The zero-order valence-electron chi connectivity index (χ0n) is 13.1. The molecule has 0 bridgehead atoms. The predicted octanol–water partition coefficient (Wildman–Crippen LogP) is 4.25. The van der Waals surface area contributed by atoms with Crippen molar-refractivity contribution < 1.29 is 14.3 Å². The van der Waals surface area contributed by atoms with E-state index in [1.54, 1.807) is 11.0 Å². The summed E-state index contributed by atoms with van der Waals surface area (Å²) in [5, 5.41) is 0. The highest BCUT2D eigenvalue weighted by Gasteiger charge is 2.19. The van der Waals surface area contributed by atoms with E-state index in [9.17, 15) is 4.79 Å². The Labute approximate surface area is 136 Å². The molecule has 0 N–H and O–H groups in total. The molecule has 4 nitrogen and oxygen atoms in total. The smallest absolute Gasteiger partial charge is 0.415 e. The Morgan fingerprint density at radius 1 is 0.870 bits per heavy atom. The Balaban J connectivity index is 1.64. The van der Waals surface area contributed by atoms with Crippen molar-refractivity contribution in [2.45, 2.75) is 25.9 Å². The summed E-state index contributed by atoms with van der Waals surface area (Å²) >= 11 is 0. The molecular formula is C19H21NO3. The number of para-hydroxylation sites is 2. The van der Waals surface area contributed by atoms with Gasteiger partial charge in [0.1, 0.15) is 6.61 Å². The molecule has 0 atom stereocenters. The van der Waals surface area contributed by atoms with Crippen molar-refractivity contribution in [2.75, 3.05) is 13.1 Å². The zero-order valence-corrected chi connectivity index (χ0v) is 13.1. The van der Waals surface area contributed by atoms with Gasteiger partial charge in [-0.1, -0.05) is 42.5 Å². The van der Waals surface area contributed by atoms with Crippen molar-refractivity contribution in [3.63, 3.8) is 0 Å². The van der Waals surface area contributed by atoms with Crippen LogP contribution in [0.15, 0.2) is 54.6 Å². The monoisotopic (exact) mass is 311 g/mol. The lowest BCUT2D eigenvalue weighted by Crippen LogP contribution is -2.37. The van der Waals surface area contributed by atoms with Gasteiger partial charge in [0.05, 0.1) is 0 Å². The number of rotatable bonds is 4. The van der Waals surface area contributed by atoms with Gasteiger partial charge in [-0.05, 0) is 37.0 Å². The third-order valence-electron chi connectivity index (χ3n) is 3.90.